The van der Waals surface area contributed by atoms with Gasteiger partial charge in [-0.2, -0.15) is 12.7 Å². The fraction of sp³-hybridized carbons (Fsp3) is 0.400. The van der Waals surface area contributed by atoms with Crippen LogP contribution in [0.3, 0.4) is 0 Å². The van der Waals surface area contributed by atoms with E-state index in [9.17, 15) is 8.42 Å². The Labute approximate surface area is 99.3 Å². The molecule has 4 nitrogen and oxygen atoms in total. The summed E-state index contributed by atoms with van der Waals surface area (Å²) in [7, 11) is 3.26. The summed E-state index contributed by atoms with van der Waals surface area (Å²) in [4.78, 5) is 0. The van der Waals surface area contributed by atoms with Crippen molar-refractivity contribution in [2.24, 2.45) is 0 Å². The molecule has 1 heterocycles. The first kappa shape index (κ1) is 11.7. The molecule has 0 unspecified atom stereocenters. The number of benzene rings is 1. The van der Waals surface area contributed by atoms with Gasteiger partial charge in [0.15, 0.2) is 0 Å². The van der Waals surface area contributed by atoms with Crippen LogP contribution in [0.4, 0.5) is 0 Å². The fourth-order valence-corrected chi connectivity index (χ4v) is 2.85. The summed E-state index contributed by atoms with van der Waals surface area (Å²) in [5.41, 5.74) is 2.02. The Kier molecular flexibility index (Phi) is 3.10. The van der Waals surface area contributed by atoms with E-state index >= 15 is 0 Å². The van der Waals surface area contributed by atoms with E-state index in [1.165, 1.54) is 4.31 Å². The fourth-order valence-electron chi connectivity index (χ4n) is 1.90. The Balaban J connectivity index is 2.39. The molecule has 88 valence electrons. The second-order valence-electron chi connectivity index (χ2n) is 3.62. The van der Waals surface area contributed by atoms with Gasteiger partial charge in [-0.25, -0.2) is 0 Å². The molecule has 0 spiro atoms. The lowest BCUT2D eigenvalue weighted by Gasteiger charge is -2.26. The van der Waals surface area contributed by atoms with E-state index in [1.807, 2.05) is 18.2 Å². The molecule has 1 aliphatic rings. The van der Waals surface area contributed by atoms with E-state index in [2.05, 4.69) is 0 Å². The van der Waals surface area contributed by atoms with Gasteiger partial charge in [-0.1, -0.05) is 12.1 Å². The number of rotatable bonds is 2. The van der Waals surface area contributed by atoms with Crippen LogP contribution in [0.2, 0.25) is 0 Å². The lowest BCUT2D eigenvalue weighted by molar-refractivity contribution is 0.369. The third-order valence-electron chi connectivity index (χ3n) is 2.72. The first-order valence-corrected chi connectivity index (χ1v) is 7.13. The van der Waals surface area contributed by atoms with E-state index in [1.54, 1.807) is 7.11 Å². The molecule has 1 aliphatic heterocycles. The Hall–Kier alpha value is -0.780. The van der Waals surface area contributed by atoms with Gasteiger partial charge in [-0.05, 0) is 18.1 Å². The van der Waals surface area contributed by atoms with Crippen molar-refractivity contribution < 1.29 is 13.2 Å². The van der Waals surface area contributed by atoms with Crippen molar-refractivity contribution in [3.05, 3.63) is 29.3 Å². The minimum Gasteiger partial charge on any atom is -0.496 e. The second-order valence-corrected chi connectivity index (χ2v) is 6.13. The highest BCUT2D eigenvalue weighted by Crippen LogP contribution is 2.29. The highest BCUT2D eigenvalue weighted by atomic mass is 35.7. The lowest BCUT2D eigenvalue weighted by atomic mass is 10.0. The van der Waals surface area contributed by atoms with Gasteiger partial charge in [0.2, 0.25) is 0 Å². The van der Waals surface area contributed by atoms with E-state index in [4.69, 9.17) is 15.4 Å². The highest BCUT2D eigenvalue weighted by molar-refractivity contribution is 8.11. The van der Waals surface area contributed by atoms with Gasteiger partial charge >= 0.3 is 0 Å². The van der Waals surface area contributed by atoms with Crippen LogP contribution in [0.25, 0.3) is 0 Å². The van der Waals surface area contributed by atoms with E-state index < -0.39 is 9.24 Å². The van der Waals surface area contributed by atoms with Gasteiger partial charge in [0, 0.05) is 29.3 Å². The smallest absolute Gasteiger partial charge is 0.300 e. The maximum atomic E-state index is 11.2. The molecule has 1 aromatic carbocycles. The highest BCUT2D eigenvalue weighted by Gasteiger charge is 2.26. The first-order valence-electron chi connectivity index (χ1n) is 4.87. The molecule has 0 radical (unpaired) electrons. The van der Waals surface area contributed by atoms with Crippen molar-refractivity contribution in [3.8, 4) is 5.75 Å². The SMILES string of the molecule is COc1cccc2c1CN(S(=O)(=O)Cl)CC2. The van der Waals surface area contributed by atoms with Gasteiger partial charge in [0.25, 0.3) is 9.24 Å². The molecular weight excluding hydrogens is 250 g/mol. The number of hydrogen-bond donors (Lipinski definition) is 0. The summed E-state index contributed by atoms with van der Waals surface area (Å²) in [6.07, 6.45) is 0.665. The van der Waals surface area contributed by atoms with Crippen LogP contribution >= 0.6 is 10.7 Å². The summed E-state index contributed by atoms with van der Waals surface area (Å²) >= 11 is 0. The van der Waals surface area contributed by atoms with Crippen LogP contribution in [0.15, 0.2) is 18.2 Å². The first-order chi connectivity index (χ1) is 7.52. The minimum absolute atomic E-state index is 0.283. The molecule has 0 fully saturated rings. The number of methoxy groups -OCH3 is 1. The van der Waals surface area contributed by atoms with Crippen molar-refractivity contribution in [3.63, 3.8) is 0 Å². The van der Waals surface area contributed by atoms with Crippen molar-refractivity contribution >= 4 is 19.9 Å². The van der Waals surface area contributed by atoms with Crippen LogP contribution in [0, 0.1) is 0 Å². The van der Waals surface area contributed by atoms with Gasteiger partial charge < -0.3 is 4.74 Å². The predicted molar refractivity (Wildman–Crippen MR) is 61.9 cm³/mol. The standard InChI is InChI=1S/C10H12ClNO3S/c1-15-10-4-2-3-8-5-6-12(7-9(8)10)16(11,13)14/h2-4H,5-7H2,1H3. The van der Waals surface area contributed by atoms with Crippen molar-refractivity contribution in [2.45, 2.75) is 13.0 Å². The molecule has 1 aromatic rings. The van der Waals surface area contributed by atoms with Crippen LogP contribution in [0.1, 0.15) is 11.1 Å². The predicted octanol–water partition coefficient (Wildman–Crippen LogP) is 1.54. The van der Waals surface area contributed by atoms with Crippen LogP contribution in [-0.4, -0.2) is 26.4 Å². The zero-order valence-electron chi connectivity index (χ0n) is 8.81. The Morgan fingerprint density at radius 1 is 1.44 bits per heavy atom. The Morgan fingerprint density at radius 3 is 2.81 bits per heavy atom. The molecule has 0 bridgehead atoms. The number of nitrogens with zero attached hydrogens (tertiary/aromatic N) is 1. The van der Waals surface area contributed by atoms with Gasteiger partial charge in [-0.15, -0.1) is 0 Å². The molecule has 0 aromatic heterocycles. The molecule has 0 amide bonds. The lowest BCUT2D eigenvalue weighted by Crippen LogP contribution is -2.33. The summed E-state index contributed by atoms with van der Waals surface area (Å²) in [6.45, 7) is 0.706. The monoisotopic (exact) mass is 261 g/mol. The Morgan fingerprint density at radius 2 is 2.19 bits per heavy atom. The number of halogens is 1. The largest absolute Gasteiger partial charge is 0.496 e. The summed E-state index contributed by atoms with van der Waals surface area (Å²) in [5.74, 6) is 0.711. The van der Waals surface area contributed by atoms with Crippen LogP contribution < -0.4 is 4.74 Å². The van der Waals surface area contributed by atoms with Crippen molar-refractivity contribution in [1.82, 2.24) is 4.31 Å². The Bertz CT molecular complexity index is 487. The quantitative estimate of drug-likeness (QED) is 0.759. The van der Waals surface area contributed by atoms with Gasteiger partial charge in [-0.3, -0.25) is 0 Å². The van der Waals surface area contributed by atoms with E-state index in [0.717, 1.165) is 11.1 Å². The number of ether oxygens (including phenoxy) is 1. The van der Waals surface area contributed by atoms with E-state index in [0.29, 0.717) is 18.7 Å². The van der Waals surface area contributed by atoms with E-state index in [-0.39, 0.29) is 6.54 Å². The molecule has 0 N–H and O–H groups in total. The third kappa shape index (κ3) is 2.16. The molecule has 0 saturated heterocycles. The maximum Gasteiger partial charge on any atom is 0.300 e. The molecule has 6 heteroatoms. The molecule has 2 rings (SSSR count). The van der Waals surface area contributed by atoms with Crippen LogP contribution in [-0.2, 0) is 22.2 Å². The maximum absolute atomic E-state index is 11.2. The average Bonchev–Trinajstić information content (AvgIpc) is 2.26. The number of hydrogen-bond acceptors (Lipinski definition) is 3. The summed E-state index contributed by atoms with van der Waals surface area (Å²) in [6, 6.07) is 5.71. The zero-order chi connectivity index (χ0) is 11.8. The van der Waals surface area contributed by atoms with Gasteiger partial charge in [0.05, 0.1) is 7.11 Å². The average molecular weight is 262 g/mol. The van der Waals surface area contributed by atoms with Gasteiger partial charge in [0.1, 0.15) is 5.75 Å². The molecule has 16 heavy (non-hydrogen) atoms. The molecular formula is C10H12ClNO3S. The normalized spacial score (nSPS) is 16.9. The van der Waals surface area contributed by atoms with Crippen molar-refractivity contribution in [1.29, 1.82) is 0 Å². The minimum atomic E-state index is -3.64. The molecule has 0 aliphatic carbocycles. The summed E-state index contributed by atoms with van der Waals surface area (Å²) < 4.78 is 29.0. The molecule has 0 saturated carbocycles. The molecule has 0 atom stereocenters. The topological polar surface area (TPSA) is 46.6 Å². The van der Waals surface area contributed by atoms with Crippen molar-refractivity contribution in [2.75, 3.05) is 13.7 Å². The zero-order valence-corrected chi connectivity index (χ0v) is 10.4. The second kappa shape index (κ2) is 4.24. The third-order valence-corrected chi connectivity index (χ3v) is 4.24. The number of fused-ring (bicyclic) bond motifs is 1. The van der Waals surface area contributed by atoms with Crippen LogP contribution in [0.5, 0.6) is 5.75 Å². The summed E-state index contributed by atoms with van der Waals surface area (Å²) in [5, 5.41) is 0.